The first kappa shape index (κ1) is 15.5. The minimum atomic E-state index is 0.0530. The van der Waals surface area contributed by atoms with Crippen LogP contribution >= 0.6 is 34.5 Å². The van der Waals surface area contributed by atoms with Crippen LogP contribution in [-0.2, 0) is 6.42 Å². The molecule has 2 aromatic rings. The zero-order valence-corrected chi connectivity index (χ0v) is 13.4. The van der Waals surface area contributed by atoms with Gasteiger partial charge in [-0.1, -0.05) is 29.3 Å². The van der Waals surface area contributed by atoms with Gasteiger partial charge in [-0.25, -0.2) is 0 Å². The molecule has 0 radical (unpaired) electrons. The Balaban J connectivity index is 1.88. The lowest BCUT2D eigenvalue weighted by atomic mass is 10.1. The largest absolute Gasteiger partial charge is 0.299 e. The molecule has 0 bridgehead atoms. The van der Waals surface area contributed by atoms with Crippen molar-refractivity contribution in [2.75, 3.05) is 20.1 Å². The van der Waals surface area contributed by atoms with Crippen molar-refractivity contribution in [2.24, 2.45) is 0 Å². The molecule has 2 nitrogen and oxygen atoms in total. The van der Waals surface area contributed by atoms with E-state index in [2.05, 4.69) is 11.4 Å². The molecular formula is C15H15Cl2NOS. The molecule has 5 heteroatoms. The quantitative estimate of drug-likeness (QED) is 0.732. The SMILES string of the molecule is CN(CCc1cccs1)CC(=O)c1ccc(Cl)c(Cl)c1. The maximum atomic E-state index is 12.1. The van der Waals surface area contributed by atoms with Gasteiger partial charge >= 0.3 is 0 Å². The first-order chi connectivity index (χ1) is 9.56. The summed E-state index contributed by atoms with van der Waals surface area (Å²) in [6.07, 6.45) is 0.961. The summed E-state index contributed by atoms with van der Waals surface area (Å²) in [5.74, 6) is 0.0530. The third-order valence-corrected chi connectivity index (χ3v) is 4.65. The molecule has 2 rings (SSSR count). The molecule has 0 amide bonds. The van der Waals surface area contributed by atoms with Gasteiger partial charge in [0.2, 0.25) is 0 Å². The van der Waals surface area contributed by atoms with E-state index in [-0.39, 0.29) is 5.78 Å². The Morgan fingerprint density at radius 2 is 2.05 bits per heavy atom. The molecule has 0 saturated carbocycles. The fourth-order valence-corrected chi connectivity index (χ4v) is 2.84. The lowest BCUT2D eigenvalue weighted by Crippen LogP contribution is -2.27. The third kappa shape index (κ3) is 4.32. The smallest absolute Gasteiger partial charge is 0.176 e. The number of halogens is 2. The van der Waals surface area contributed by atoms with Crippen molar-refractivity contribution in [3.8, 4) is 0 Å². The molecule has 20 heavy (non-hydrogen) atoms. The van der Waals surface area contributed by atoms with E-state index < -0.39 is 0 Å². The Hall–Kier alpha value is -0.870. The Bertz CT molecular complexity index is 584. The molecule has 0 aliphatic carbocycles. The van der Waals surface area contributed by atoms with Gasteiger partial charge in [-0.05, 0) is 43.1 Å². The predicted octanol–water partition coefficient (Wildman–Crippen LogP) is 4.41. The molecule has 0 aliphatic heterocycles. The van der Waals surface area contributed by atoms with Crippen LogP contribution in [0.4, 0.5) is 0 Å². The molecule has 0 fully saturated rings. The fourth-order valence-electron chi connectivity index (χ4n) is 1.84. The van der Waals surface area contributed by atoms with Crippen molar-refractivity contribution in [1.82, 2.24) is 4.90 Å². The molecule has 1 aromatic carbocycles. The minimum Gasteiger partial charge on any atom is -0.299 e. The standard InChI is InChI=1S/C15H15Cl2NOS/c1-18(7-6-12-3-2-8-20-12)10-15(19)11-4-5-13(16)14(17)9-11/h2-5,8-9H,6-7,10H2,1H3. The van der Waals surface area contributed by atoms with Crippen LogP contribution in [0.5, 0.6) is 0 Å². The average molecular weight is 328 g/mol. The van der Waals surface area contributed by atoms with E-state index in [0.717, 1.165) is 13.0 Å². The van der Waals surface area contributed by atoms with Gasteiger partial charge in [-0.15, -0.1) is 11.3 Å². The second-order valence-electron chi connectivity index (χ2n) is 4.62. The van der Waals surface area contributed by atoms with Crippen LogP contribution < -0.4 is 0 Å². The third-order valence-electron chi connectivity index (χ3n) is 2.98. The lowest BCUT2D eigenvalue weighted by molar-refractivity contribution is 0.0947. The van der Waals surface area contributed by atoms with E-state index in [1.54, 1.807) is 29.5 Å². The number of thiophene rings is 1. The van der Waals surface area contributed by atoms with Gasteiger partial charge in [0.25, 0.3) is 0 Å². The second-order valence-corrected chi connectivity index (χ2v) is 6.47. The summed E-state index contributed by atoms with van der Waals surface area (Å²) in [4.78, 5) is 15.5. The Labute approximate surface area is 132 Å². The number of likely N-dealkylation sites (N-methyl/N-ethyl adjacent to an activating group) is 1. The summed E-state index contributed by atoms with van der Waals surface area (Å²) in [6, 6.07) is 9.14. The number of hydrogen-bond acceptors (Lipinski definition) is 3. The molecule has 0 saturated heterocycles. The molecule has 1 aromatic heterocycles. The van der Waals surface area contributed by atoms with Crippen LogP contribution in [0.15, 0.2) is 35.7 Å². The van der Waals surface area contributed by atoms with Crippen molar-refractivity contribution in [1.29, 1.82) is 0 Å². The van der Waals surface area contributed by atoms with Gasteiger partial charge in [0, 0.05) is 17.0 Å². The maximum absolute atomic E-state index is 12.1. The number of hydrogen-bond donors (Lipinski definition) is 0. The zero-order valence-electron chi connectivity index (χ0n) is 11.1. The topological polar surface area (TPSA) is 20.3 Å². The highest BCUT2D eigenvalue weighted by molar-refractivity contribution is 7.09. The van der Waals surface area contributed by atoms with Crippen LogP contribution in [0, 0.1) is 0 Å². The molecule has 0 aliphatic rings. The average Bonchev–Trinajstić information content (AvgIpc) is 2.92. The van der Waals surface area contributed by atoms with Crippen LogP contribution in [0.2, 0.25) is 10.0 Å². The first-order valence-corrected chi connectivity index (χ1v) is 7.89. The van der Waals surface area contributed by atoms with Crippen LogP contribution in [-0.4, -0.2) is 30.8 Å². The van der Waals surface area contributed by atoms with E-state index in [1.807, 2.05) is 18.0 Å². The Morgan fingerprint density at radius 3 is 2.70 bits per heavy atom. The molecule has 0 N–H and O–H groups in total. The van der Waals surface area contributed by atoms with E-state index in [4.69, 9.17) is 23.2 Å². The Morgan fingerprint density at radius 1 is 1.25 bits per heavy atom. The van der Waals surface area contributed by atoms with E-state index in [0.29, 0.717) is 22.2 Å². The van der Waals surface area contributed by atoms with Gasteiger partial charge in [0.1, 0.15) is 0 Å². The summed E-state index contributed by atoms with van der Waals surface area (Å²) in [5.41, 5.74) is 0.599. The number of Topliss-reactive ketones (excluding diaryl/α,β-unsaturated/α-hetero) is 1. The van der Waals surface area contributed by atoms with Gasteiger partial charge in [0.15, 0.2) is 5.78 Å². The fraction of sp³-hybridized carbons (Fsp3) is 0.267. The first-order valence-electron chi connectivity index (χ1n) is 6.25. The van der Waals surface area contributed by atoms with Gasteiger partial charge < -0.3 is 0 Å². The maximum Gasteiger partial charge on any atom is 0.176 e. The summed E-state index contributed by atoms with van der Waals surface area (Å²) in [6.45, 7) is 1.23. The van der Waals surface area contributed by atoms with Crippen molar-refractivity contribution in [3.63, 3.8) is 0 Å². The van der Waals surface area contributed by atoms with Crippen molar-refractivity contribution < 1.29 is 4.79 Å². The Kier molecular flexibility index (Phi) is 5.61. The molecule has 0 atom stereocenters. The lowest BCUT2D eigenvalue weighted by Gasteiger charge is -2.15. The monoisotopic (exact) mass is 327 g/mol. The van der Waals surface area contributed by atoms with Crippen molar-refractivity contribution in [3.05, 3.63) is 56.2 Å². The summed E-state index contributed by atoms with van der Waals surface area (Å²) >= 11 is 13.5. The highest BCUT2D eigenvalue weighted by Gasteiger charge is 2.11. The molecule has 1 heterocycles. The number of benzene rings is 1. The zero-order chi connectivity index (χ0) is 14.5. The van der Waals surface area contributed by atoms with Crippen molar-refractivity contribution in [2.45, 2.75) is 6.42 Å². The van der Waals surface area contributed by atoms with Gasteiger partial charge in [-0.2, -0.15) is 0 Å². The number of rotatable bonds is 6. The summed E-state index contributed by atoms with van der Waals surface area (Å²) < 4.78 is 0. The highest BCUT2D eigenvalue weighted by Crippen LogP contribution is 2.22. The van der Waals surface area contributed by atoms with E-state index >= 15 is 0 Å². The van der Waals surface area contributed by atoms with Crippen LogP contribution in [0.3, 0.4) is 0 Å². The summed E-state index contributed by atoms with van der Waals surface area (Å²) in [7, 11) is 1.95. The molecule has 0 unspecified atom stereocenters. The van der Waals surface area contributed by atoms with E-state index in [1.165, 1.54) is 4.88 Å². The molecular weight excluding hydrogens is 313 g/mol. The van der Waals surface area contributed by atoms with Gasteiger partial charge in [-0.3, -0.25) is 9.69 Å². The normalized spacial score (nSPS) is 11.0. The number of carbonyl (C=O) groups is 1. The number of nitrogens with zero attached hydrogens (tertiary/aromatic N) is 1. The van der Waals surface area contributed by atoms with Crippen LogP contribution in [0.25, 0.3) is 0 Å². The van der Waals surface area contributed by atoms with E-state index in [9.17, 15) is 4.79 Å². The minimum absolute atomic E-state index is 0.0530. The second kappa shape index (κ2) is 7.23. The summed E-state index contributed by atoms with van der Waals surface area (Å²) in [5, 5.41) is 2.95. The molecule has 106 valence electrons. The highest BCUT2D eigenvalue weighted by atomic mass is 35.5. The number of carbonyl (C=O) groups excluding carboxylic acids is 1. The molecule has 0 spiro atoms. The number of ketones is 1. The van der Waals surface area contributed by atoms with Crippen LogP contribution in [0.1, 0.15) is 15.2 Å². The van der Waals surface area contributed by atoms with Crippen molar-refractivity contribution >= 4 is 40.3 Å². The predicted molar refractivity (Wildman–Crippen MR) is 86.3 cm³/mol. The van der Waals surface area contributed by atoms with Gasteiger partial charge in [0.05, 0.1) is 16.6 Å².